The predicted molar refractivity (Wildman–Crippen MR) is 105 cm³/mol. The number of ether oxygens (including phenoxy) is 1. The van der Waals surface area contributed by atoms with Crippen LogP contribution in [0.4, 0.5) is 23.5 Å². The van der Waals surface area contributed by atoms with Crippen molar-refractivity contribution in [1.29, 1.82) is 0 Å². The van der Waals surface area contributed by atoms with Crippen LogP contribution in [0, 0.1) is 0 Å². The Labute approximate surface area is 164 Å². The van der Waals surface area contributed by atoms with Crippen molar-refractivity contribution in [3.05, 3.63) is 59.6 Å². The van der Waals surface area contributed by atoms with Gasteiger partial charge >= 0.3 is 6.01 Å². The van der Waals surface area contributed by atoms with Gasteiger partial charge in [-0.05, 0) is 42.5 Å². The molecule has 10 heteroatoms. The molecule has 140 valence electrons. The van der Waals surface area contributed by atoms with Gasteiger partial charge in [0.1, 0.15) is 11.6 Å². The smallest absolute Gasteiger partial charge is 0.320 e. The fourth-order valence-corrected chi connectivity index (χ4v) is 2.57. The van der Waals surface area contributed by atoms with E-state index in [0.29, 0.717) is 16.7 Å². The second-order valence-electron chi connectivity index (χ2n) is 5.66. The third-order valence-electron chi connectivity index (χ3n) is 3.56. The van der Waals surface area contributed by atoms with E-state index in [1.54, 1.807) is 36.4 Å². The van der Waals surface area contributed by atoms with E-state index in [0.717, 1.165) is 11.3 Å². The lowest BCUT2D eigenvalue weighted by atomic mass is 10.2. The van der Waals surface area contributed by atoms with Crippen LogP contribution in [0.3, 0.4) is 0 Å². The maximum Gasteiger partial charge on any atom is 0.320 e. The Morgan fingerprint density at radius 2 is 1.79 bits per heavy atom. The Hall–Kier alpha value is -3.85. The minimum atomic E-state index is 0.0391. The van der Waals surface area contributed by atoms with Crippen molar-refractivity contribution in [2.24, 2.45) is 0 Å². The Morgan fingerprint density at radius 3 is 2.54 bits per heavy atom. The van der Waals surface area contributed by atoms with Gasteiger partial charge in [0.05, 0.1) is 0 Å². The Bertz CT molecular complexity index is 1090. The number of nitrogen functional groups attached to an aromatic ring is 2. The largest absolute Gasteiger partial charge is 0.439 e. The molecule has 0 saturated carbocycles. The molecule has 0 unspecified atom stereocenters. The highest BCUT2D eigenvalue weighted by atomic mass is 35.5. The van der Waals surface area contributed by atoms with Crippen LogP contribution in [0.2, 0.25) is 5.02 Å². The van der Waals surface area contributed by atoms with Gasteiger partial charge in [0.15, 0.2) is 0 Å². The van der Waals surface area contributed by atoms with Gasteiger partial charge < -0.3 is 25.9 Å². The van der Waals surface area contributed by atoms with Crippen molar-refractivity contribution in [1.82, 2.24) is 20.2 Å². The lowest BCUT2D eigenvalue weighted by Gasteiger charge is -2.06. The number of rotatable bonds is 5. The zero-order valence-electron chi connectivity index (χ0n) is 14.3. The number of nitrogens with two attached hydrogens (primary N) is 2. The molecule has 0 bridgehead atoms. The van der Waals surface area contributed by atoms with E-state index < -0.39 is 0 Å². The minimum Gasteiger partial charge on any atom is -0.439 e. The van der Waals surface area contributed by atoms with Crippen molar-refractivity contribution >= 4 is 35.1 Å². The van der Waals surface area contributed by atoms with Crippen molar-refractivity contribution in [3.63, 3.8) is 0 Å². The summed E-state index contributed by atoms with van der Waals surface area (Å²) in [4.78, 5) is 7.76. The average molecular weight is 396 g/mol. The molecule has 5 N–H and O–H groups in total. The molecule has 4 aromatic rings. The molecule has 4 rings (SSSR count). The first-order valence-electron chi connectivity index (χ1n) is 8.09. The summed E-state index contributed by atoms with van der Waals surface area (Å²) < 4.78 is 11.3. The van der Waals surface area contributed by atoms with E-state index >= 15 is 0 Å². The van der Waals surface area contributed by atoms with Gasteiger partial charge in [-0.1, -0.05) is 22.8 Å². The first-order valence-corrected chi connectivity index (χ1v) is 8.47. The maximum atomic E-state index is 5.96. The predicted octanol–water partition coefficient (Wildman–Crippen LogP) is 3.88. The Morgan fingerprint density at radius 1 is 0.964 bits per heavy atom. The van der Waals surface area contributed by atoms with Crippen molar-refractivity contribution in [3.8, 4) is 23.1 Å². The molecule has 0 spiro atoms. The molecule has 0 amide bonds. The summed E-state index contributed by atoms with van der Waals surface area (Å²) in [5.74, 6) is 1.41. The summed E-state index contributed by atoms with van der Waals surface area (Å²) in [6.45, 7) is 0. The Kier molecular flexibility index (Phi) is 4.65. The highest BCUT2D eigenvalue weighted by Crippen LogP contribution is 2.27. The molecular formula is C18H14ClN7O2. The molecule has 0 aliphatic carbocycles. The molecule has 2 heterocycles. The van der Waals surface area contributed by atoms with E-state index in [1.165, 1.54) is 6.07 Å². The average Bonchev–Trinajstić information content (AvgIpc) is 3.10. The monoisotopic (exact) mass is 395 g/mol. The molecule has 28 heavy (non-hydrogen) atoms. The second kappa shape index (κ2) is 7.41. The third-order valence-corrected chi connectivity index (χ3v) is 3.80. The van der Waals surface area contributed by atoms with Crippen molar-refractivity contribution in [2.75, 3.05) is 16.8 Å². The van der Waals surface area contributed by atoms with Crippen LogP contribution in [-0.2, 0) is 0 Å². The van der Waals surface area contributed by atoms with Crippen LogP contribution < -0.4 is 21.5 Å². The standard InChI is InChI=1S/C18H14ClN7O2/c19-11-2-1-3-12(8-11)22-18-26-25-16(28-18)10-4-6-13(7-5-10)27-15-9-14(20)23-17(21)24-15/h1-9H,(H,22,26)(H4,20,21,23,24). The molecule has 0 aliphatic heterocycles. The van der Waals surface area contributed by atoms with Crippen LogP contribution in [0.5, 0.6) is 11.6 Å². The summed E-state index contributed by atoms with van der Waals surface area (Å²) in [6, 6.07) is 16.0. The van der Waals surface area contributed by atoms with Crippen LogP contribution in [0.1, 0.15) is 0 Å². The molecule has 0 radical (unpaired) electrons. The summed E-state index contributed by atoms with van der Waals surface area (Å²) in [5.41, 5.74) is 12.7. The van der Waals surface area contributed by atoms with Gasteiger partial charge in [-0.25, -0.2) is 0 Å². The summed E-state index contributed by atoms with van der Waals surface area (Å²) in [6.07, 6.45) is 0. The zero-order chi connectivity index (χ0) is 19.5. The molecule has 0 aliphatic rings. The topological polar surface area (TPSA) is 138 Å². The third kappa shape index (κ3) is 4.10. The van der Waals surface area contributed by atoms with Gasteiger partial charge in [-0.15, -0.1) is 5.10 Å². The molecule has 0 atom stereocenters. The molecular weight excluding hydrogens is 382 g/mol. The molecule has 0 saturated heterocycles. The van der Waals surface area contributed by atoms with Crippen LogP contribution in [0.15, 0.2) is 59.0 Å². The van der Waals surface area contributed by atoms with Crippen LogP contribution in [-0.4, -0.2) is 20.2 Å². The van der Waals surface area contributed by atoms with E-state index in [-0.39, 0.29) is 23.7 Å². The first kappa shape index (κ1) is 17.6. The normalized spacial score (nSPS) is 10.6. The highest BCUT2D eigenvalue weighted by Gasteiger charge is 2.10. The fourth-order valence-electron chi connectivity index (χ4n) is 2.38. The lowest BCUT2D eigenvalue weighted by Crippen LogP contribution is -2.00. The van der Waals surface area contributed by atoms with E-state index in [9.17, 15) is 0 Å². The number of nitrogens with zero attached hydrogens (tertiary/aromatic N) is 4. The van der Waals surface area contributed by atoms with E-state index in [4.69, 9.17) is 32.2 Å². The fraction of sp³-hybridized carbons (Fsp3) is 0. The Balaban J connectivity index is 1.47. The number of aromatic nitrogens is 4. The van der Waals surface area contributed by atoms with Gasteiger partial charge in [0, 0.05) is 22.3 Å². The SMILES string of the molecule is Nc1cc(Oc2ccc(-c3nnc(Nc4cccc(Cl)c4)o3)cc2)nc(N)n1. The van der Waals surface area contributed by atoms with Gasteiger partial charge in [-0.3, -0.25) is 0 Å². The first-order chi connectivity index (χ1) is 13.5. The molecule has 2 aromatic carbocycles. The number of nitrogens with one attached hydrogen (secondary N) is 1. The maximum absolute atomic E-state index is 5.96. The minimum absolute atomic E-state index is 0.0391. The zero-order valence-corrected chi connectivity index (χ0v) is 15.1. The van der Waals surface area contributed by atoms with Crippen molar-refractivity contribution in [2.45, 2.75) is 0 Å². The number of halogens is 1. The molecule has 2 aromatic heterocycles. The molecule has 0 fully saturated rings. The number of hydrogen-bond donors (Lipinski definition) is 3. The summed E-state index contributed by atoms with van der Waals surface area (Å²) >= 11 is 5.96. The molecule has 9 nitrogen and oxygen atoms in total. The van der Waals surface area contributed by atoms with Crippen LogP contribution >= 0.6 is 11.6 Å². The quantitative estimate of drug-likeness (QED) is 0.459. The van der Waals surface area contributed by atoms with Gasteiger partial charge in [0.25, 0.3) is 0 Å². The second-order valence-corrected chi connectivity index (χ2v) is 6.10. The lowest BCUT2D eigenvalue weighted by molar-refractivity contribution is 0.463. The van der Waals surface area contributed by atoms with Gasteiger partial charge in [0.2, 0.25) is 17.7 Å². The van der Waals surface area contributed by atoms with E-state index in [2.05, 4.69) is 25.5 Å². The van der Waals surface area contributed by atoms with E-state index in [1.807, 2.05) is 12.1 Å². The number of hydrogen-bond acceptors (Lipinski definition) is 9. The number of anilines is 4. The van der Waals surface area contributed by atoms with Gasteiger partial charge in [-0.2, -0.15) is 9.97 Å². The number of benzene rings is 2. The summed E-state index contributed by atoms with van der Waals surface area (Å²) in [7, 11) is 0. The summed E-state index contributed by atoms with van der Waals surface area (Å²) in [5, 5.41) is 11.6. The van der Waals surface area contributed by atoms with Crippen LogP contribution in [0.25, 0.3) is 11.5 Å². The highest BCUT2D eigenvalue weighted by molar-refractivity contribution is 6.30. The van der Waals surface area contributed by atoms with Crippen molar-refractivity contribution < 1.29 is 9.15 Å².